The lowest BCUT2D eigenvalue weighted by molar-refractivity contribution is 0.904. The SMILES string of the molecule is CNc1nc(C)nc(-n2c3ccccc3c3ccccc32)n1. The molecule has 2 heterocycles. The van der Waals surface area contributed by atoms with Crippen LogP contribution in [0.2, 0.25) is 0 Å². The van der Waals surface area contributed by atoms with Crippen molar-refractivity contribution < 1.29 is 0 Å². The van der Waals surface area contributed by atoms with Gasteiger partial charge in [0.05, 0.1) is 11.0 Å². The smallest absolute Gasteiger partial charge is 0.239 e. The Hall–Kier alpha value is -2.95. The van der Waals surface area contributed by atoms with Crippen LogP contribution in [0.5, 0.6) is 0 Å². The van der Waals surface area contributed by atoms with E-state index in [0.29, 0.717) is 17.7 Å². The molecule has 2 aromatic carbocycles. The number of aryl methyl sites for hydroxylation is 1. The third-order valence-corrected chi connectivity index (χ3v) is 3.74. The quantitative estimate of drug-likeness (QED) is 0.615. The molecule has 0 amide bonds. The summed E-state index contributed by atoms with van der Waals surface area (Å²) in [6.45, 7) is 1.87. The number of hydrogen-bond donors (Lipinski definition) is 1. The molecule has 1 N–H and O–H groups in total. The second-order valence-electron chi connectivity index (χ2n) is 5.13. The highest BCUT2D eigenvalue weighted by atomic mass is 15.2. The number of anilines is 1. The van der Waals surface area contributed by atoms with Gasteiger partial charge in [0.25, 0.3) is 0 Å². The molecule has 108 valence electrons. The van der Waals surface area contributed by atoms with Gasteiger partial charge in [0, 0.05) is 17.8 Å². The van der Waals surface area contributed by atoms with Gasteiger partial charge in [0.15, 0.2) is 0 Å². The molecule has 0 unspecified atom stereocenters. The summed E-state index contributed by atoms with van der Waals surface area (Å²) in [5, 5.41) is 5.38. The first kappa shape index (κ1) is 12.8. The van der Waals surface area contributed by atoms with Crippen molar-refractivity contribution in [2.75, 3.05) is 12.4 Å². The molecule has 4 aromatic rings. The lowest BCUT2D eigenvalue weighted by Crippen LogP contribution is -2.07. The minimum Gasteiger partial charge on any atom is -0.357 e. The molecule has 0 spiro atoms. The van der Waals surface area contributed by atoms with Crippen molar-refractivity contribution in [2.45, 2.75) is 6.92 Å². The zero-order chi connectivity index (χ0) is 15.1. The fourth-order valence-corrected chi connectivity index (χ4v) is 2.82. The summed E-state index contributed by atoms with van der Waals surface area (Å²) in [6, 6.07) is 16.6. The minimum absolute atomic E-state index is 0.573. The number of para-hydroxylation sites is 2. The van der Waals surface area contributed by atoms with E-state index in [2.05, 4.69) is 61.2 Å². The number of nitrogens with one attached hydrogen (secondary N) is 1. The Morgan fingerprint density at radius 3 is 2.00 bits per heavy atom. The molecule has 0 aliphatic heterocycles. The van der Waals surface area contributed by atoms with Gasteiger partial charge < -0.3 is 5.32 Å². The van der Waals surface area contributed by atoms with Crippen LogP contribution in [0.4, 0.5) is 5.95 Å². The maximum Gasteiger partial charge on any atom is 0.239 e. The Bertz CT molecular complexity index is 934. The highest BCUT2D eigenvalue weighted by Gasteiger charge is 2.14. The normalized spacial score (nSPS) is 11.2. The monoisotopic (exact) mass is 289 g/mol. The Kier molecular flexibility index (Phi) is 2.79. The largest absolute Gasteiger partial charge is 0.357 e. The third kappa shape index (κ3) is 1.83. The van der Waals surface area contributed by atoms with Gasteiger partial charge in [-0.25, -0.2) is 0 Å². The second-order valence-corrected chi connectivity index (χ2v) is 5.13. The molecule has 22 heavy (non-hydrogen) atoms. The van der Waals surface area contributed by atoms with E-state index in [0.717, 1.165) is 11.0 Å². The van der Waals surface area contributed by atoms with Crippen LogP contribution in [0, 0.1) is 6.92 Å². The zero-order valence-electron chi connectivity index (χ0n) is 12.4. The molecule has 5 nitrogen and oxygen atoms in total. The standard InChI is InChI=1S/C17H15N5/c1-11-19-16(18-2)21-17(20-11)22-14-9-5-3-7-12(14)13-8-4-6-10-15(13)22/h3-10H,1-2H3,(H,18,19,20,21). The first-order chi connectivity index (χ1) is 10.8. The first-order valence-electron chi connectivity index (χ1n) is 7.17. The van der Waals surface area contributed by atoms with Crippen molar-refractivity contribution in [3.8, 4) is 5.95 Å². The molecule has 4 rings (SSSR count). The summed E-state index contributed by atoms with van der Waals surface area (Å²) in [7, 11) is 1.81. The number of hydrogen-bond acceptors (Lipinski definition) is 4. The molecule has 0 saturated heterocycles. The van der Waals surface area contributed by atoms with Crippen LogP contribution in [-0.2, 0) is 0 Å². The third-order valence-electron chi connectivity index (χ3n) is 3.74. The second kappa shape index (κ2) is 4.80. The van der Waals surface area contributed by atoms with Crippen LogP contribution in [0.15, 0.2) is 48.5 Å². The van der Waals surface area contributed by atoms with E-state index in [4.69, 9.17) is 0 Å². The number of nitrogens with zero attached hydrogens (tertiary/aromatic N) is 4. The first-order valence-corrected chi connectivity index (χ1v) is 7.17. The van der Waals surface area contributed by atoms with Crippen molar-refractivity contribution in [3.05, 3.63) is 54.4 Å². The van der Waals surface area contributed by atoms with Crippen molar-refractivity contribution >= 4 is 27.8 Å². The summed E-state index contributed by atoms with van der Waals surface area (Å²) in [5.74, 6) is 1.90. The maximum atomic E-state index is 4.53. The summed E-state index contributed by atoms with van der Waals surface area (Å²) < 4.78 is 2.08. The molecule has 0 aliphatic rings. The summed E-state index contributed by atoms with van der Waals surface area (Å²) in [5.41, 5.74) is 2.19. The van der Waals surface area contributed by atoms with E-state index in [1.54, 1.807) is 0 Å². The average molecular weight is 289 g/mol. The van der Waals surface area contributed by atoms with Crippen LogP contribution in [0.3, 0.4) is 0 Å². The van der Waals surface area contributed by atoms with Crippen molar-refractivity contribution in [1.82, 2.24) is 19.5 Å². The lowest BCUT2D eigenvalue weighted by atomic mass is 10.2. The van der Waals surface area contributed by atoms with E-state index < -0.39 is 0 Å². The van der Waals surface area contributed by atoms with Gasteiger partial charge in [-0.05, 0) is 19.1 Å². The Labute approximate surface area is 127 Å². The predicted octanol–water partition coefficient (Wildman–Crippen LogP) is 3.32. The molecular formula is C17H15N5. The van der Waals surface area contributed by atoms with Crippen molar-refractivity contribution in [2.24, 2.45) is 0 Å². The van der Waals surface area contributed by atoms with Crippen LogP contribution in [0.1, 0.15) is 5.82 Å². The summed E-state index contributed by atoms with van der Waals surface area (Å²) >= 11 is 0. The molecule has 5 heteroatoms. The molecule has 0 fully saturated rings. The van der Waals surface area contributed by atoms with E-state index in [9.17, 15) is 0 Å². The molecule has 0 bridgehead atoms. The lowest BCUT2D eigenvalue weighted by Gasteiger charge is -2.08. The zero-order valence-corrected chi connectivity index (χ0v) is 12.4. The Balaban J connectivity index is 2.15. The number of aromatic nitrogens is 4. The average Bonchev–Trinajstić information content (AvgIpc) is 2.89. The summed E-state index contributed by atoms with van der Waals surface area (Å²) in [4.78, 5) is 13.3. The topological polar surface area (TPSA) is 55.6 Å². The molecule has 0 radical (unpaired) electrons. The van der Waals surface area contributed by atoms with E-state index in [1.165, 1.54) is 10.8 Å². The van der Waals surface area contributed by atoms with Gasteiger partial charge in [-0.15, -0.1) is 0 Å². The highest BCUT2D eigenvalue weighted by Crippen LogP contribution is 2.30. The van der Waals surface area contributed by atoms with Crippen LogP contribution < -0.4 is 5.32 Å². The van der Waals surface area contributed by atoms with E-state index in [1.807, 2.05) is 26.1 Å². The number of fused-ring (bicyclic) bond motifs is 3. The van der Waals surface area contributed by atoms with Crippen LogP contribution in [0.25, 0.3) is 27.8 Å². The van der Waals surface area contributed by atoms with Crippen LogP contribution in [-0.4, -0.2) is 26.6 Å². The van der Waals surface area contributed by atoms with Gasteiger partial charge in [-0.2, -0.15) is 15.0 Å². The highest BCUT2D eigenvalue weighted by molar-refractivity contribution is 6.08. The van der Waals surface area contributed by atoms with Gasteiger partial charge in [0.1, 0.15) is 5.82 Å². The van der Waals surface area contributed by atoms with Gasteiger partial charge in [0.2, 0.25) is 11.9 Å². The van der Waals surface area contributed by atoms with Gasteiger partial charge in [-0.3, -0.25) is 4.57 Å². The minimum atomic E-state index is 0.573. The number of rotatable bonds is 2. The Morgan fingerprint density at radius 2 is 1.41 bits per heavy atom. The maximum absolute atomic E-state index is 4.53. The van der Waals surface area contributed by atoms with E-state index >= 15 is 0 Å². The van der Waals surface area contributed by atoms with Crippen molar-refractivity contribution in [3.63, 3.8) is 0 Å². The molecule has 0 atom stereocenters. The number of benzene rings is 2. The predicted molar refractivity (Wildman–Crippen MR) is 88.4 cm³/mol. The summed E-state index contributed by atoms with van der Waals surface area (Å²) in [6.07, 6.45) is 0. The fraction of sp³-hybridized carbons (Fsp3) is 0.118. The van der Waals surface area contributed by atoms with Gasteiger partial charge in [-0.1, -0.05) is 36.4 Å². The molecule has 0 saturated carbocycles. The molecular weight excluding hydrogens is 274 g/mol. The van der Waals surface area contributed by atoms with Crippen molar-refractivity contribution in [1.29, 1.82) is 0 Å². The Morgan fingerprint density at radius 1 is 0.818 bits per heavy atom. The van der Waals surface area contributed by atoms with E-state index in [-0.39, 0.29) is 0 Å². The molecule has 0 aliphatic carbocycles. The van der Waals surface area contributed by atoms with Gasteiger partial charge >= 0.3 is 0 Å². The molecule has 2 aromatic heterocycles. The fourth-order valence-electron chi connectivity index (χ4n) is 2.82. The van der Waals surface area contributed by atoms with Crippen LogP contribution >= 0.6 is 0 Å².